The molecule has 2 heterocycles. The van der Waals surface area contributed by atoms with Crippen LogP contribution in [0.3, 0.4) is 0 Å². The molecule has 0 radical (unpaired) electrons. The lowest BCUT2D eigenvalue weighted by atomic mass is 10.5. The van der Waals surface area contributed by atoms with Crippen molar-refractivity contribution in [3.8, 4) is 0 Å². The number of nitrogens with two attached hydrogens (primary N) is 1. The summed E-state index contributed by atoms with van der Waals surface area (Å²) >= 11 is 4.20. The Morgan fingerprint density at radius 3 is 2.89 bits per heavy atom. The number of thioether (sulfide) groups is 1. The fourth-order valence-electron chi connectivity index (χ4n) is 1.28. The molecule has 2 N–H and O–H groups in total. The number of carbonyl (C=O) groups is 1. The summed E-state index contributed by atoms with van der Waals surface area (Å²) in [5, 5.41) is 10.9. The lowest BCUT2D eigenvalue weighted by Crippen LogP contribution is -2.27. The first-order valence-electron chi connectivity index (χ1n) is 5.41. The lowest BCUT2D eigenvalue weighted by Gasteiger charge is -2.14. The van der Waals surface area contributed by atoms with Gasteiger partial charge < -0.3 is 10.6 Å². The summed E-state index contributed by atoms with van der Waals surface area (Å²) in [6.45, 7) is 2.48. The summed E-state index contributed by atoms with van der Waals surface area (Å²) in [4.78, 5) is 17.9. The zero-order valence-electron chi connectivity index (χ0n) is 10.5. The van der Waals surface area contributed by atoms with Crippen LogP contribution in [0.25, 0.3) is 0 Å². The molecule has 0 spiro atoms. The maximum atomic E-state index is 11.9. The van der Waals surface area contributed by atoms with Gasteiger partial charge in [-0.1, -0.05) is 23.1 Å². The summed E-state index contributed by atoms with van der Waals surface area (Å²) < 4.78 is 0.712. The van der Waals surface area contributed by atoms with E-state index in [1.54, 1.807) is 23.3 Å². The number of nitrogens with zero attached hydrogens (tertiary/aromatic N) is 4. The van der Waals surface area contributed by atoms with Gasteiger partial charge in [0, 0.05) is 18.1 Å². The van der Waals surface area contributed by atoms with E-state index in [-0.39, 0.29) is 5.91 Å². The molecule has 0 saturated carbocycles. The van der Waals surface area contributed by atoms with Crippen molar-refractivity contribution in [1.29, 1.82) is 0 Å². The maximum absolute atomic E-state index is 11.9. The second-order valence-corrected chi connectivity index (χ2v) is 7.00. The monoisotopic (exact) mass is 315 g/mol. The van der Waals surface area contributed by atoms with Gasteiger partial charge in [0.1, 0.15) is 5.01 Å². The van der Waals surface area contributed by atoms with Crippen LogP contribution < -0.4 is 5.73 Å². The number of aromatic nitrogens is 3. The fourth-order valence-corrected chi connectivity index (χ4v) is 3.68. The van der Waals surface area contributed by atoms with Crippen molar-refractivity contribution in [3.05, 3.63) is 16.1 Å². The SMILES string of the molecule is Cc1csc(CN(C)C(=O)CSc2nnc(N)s2)n1. The van der Waals surface area contributed by atoms with E-state index in [0.29, 0.717) is 21.8 Å². The Bertz CT molecular complexity index is 567. The Labute approximate surface area is 123 Å². The molecule has 2 aromatic heterocycles. The zero-order valence-corrected chi connectivity index (χ0v) is 12.9. The molecule has 102 valence electrons. The van der Waals surface area contributed by atoms with E-state index in [1.807, 2.05) is 12.3 Å². The minimum atomic E-state index is 0.0339. The minimum absolute atomic E-state index is 0.0339. The van der Waals surface area contributed by atoms with Crippen LogP contribution in [-0.4, -0.2) is 38.8 Å². The average Bonchev–Trinajstić information content (AvgIpc) is 2.95. The number of anilines is 1. The van der Waals surface area contributed by atoms with Gasteiger partial charge in [0.05, 0.1) is 12.3 Å². The molecule has 0 aliphatic carbocycles. The van der Waals surface area contributed by atoms with Gasteiger partial charge in [0.25, 0.3) is 0 Å². The first-order valence-corrected chi connectivity index (χ1v) is 8.09. The molecule has 0 bridgehead atoms. The number of hydrogen-bond acceptors (Lipinski definition) is 8. The number of nitrogen functional groups attached to an aromatic ring is 1. The standard InChI is InChI=1S/C10H13N5OS3/c1-6-4-17-7(12-6)3-15(2)8(16)5-18-10-14-13-9(11)19-10/h4H,3,5H2,1-2H3,(H2,11,13). The van der Waals surface area contributed by atoms with Crippen LogP contribution in [0.2, 0.25) is 0 Å². The molecule has 1 amide bonds. The first-order chi connectivity index (χ1) is 9.04. The molecule has 0 aromatic carbocycles. The number of thiazole rings is 1. The molecule has 0 unspecified atom stereocenters. The van der Waals surface area contributed by atoms with Gasteiger partial charge in [0.2, 0.25) is 11.0 Å². The predicted octanol–water partition coefficient (Wildman–Crippen LogP) is 1.64. The first kappa shape index (κ1) is 14.2. The third kappa shape index (κ3) is 4.15. The average molecular weight is 315 g/mol. The van der Waals surface area contributed by atoms with Crippen molar-refractivity contribution in [2.75, 3.05) is 18.5 Å². The molecule has 0 fully saturated rings. The smallest absolute Gasteiger partial charge is 0.233 e. The molecule has 6 nitrogen and oxygen atoms in total. The minimum Gasteiger partial charge on any atom is -0.374 e. The van der Waals surface area contributed by atoms with Gasteiger partial charge in [-0.3, -0.25) is 4.79 Å². The molecule has 0 saturated heterocycles. The number of aryl methyl sites for hydroxylation is 1. The van der Waals surface area contributed by atoms with Crippen molar-refractivity contribution in [3.63, 3.8) is 0 Å². The Hall–Kier alpha value is -1.19. The van der Waals surface area contributed by atoms with Crippen LogP contribution in [0, 0.1) is 6.92 Å². The van der Waals surface area contributed by atoms with Gasteiger partial charge in [-0.15, -0.1) is 21.5 Å². The normalized spacial score (nSPS) is 10.6. The van der Waals surface area contributed by atoms with E-state index in [9.17, 15) is 4.79 Å². The Morgan fingerprint density at radius 2 is 2.32 bits per heavy atom. The van der Waals surface area contributed by atoms with Gasteiger partial charge in [-0.05, 0) is 6.92 Å². The van der Waals surface area contributed by atoms with Crippen molar-refractivity contribution in [2.45, 2.75) is 17.8 Å². The Kier molecular flexibility index (Phi) is 4.72. The third-order valence-electron chi connectivity index (χ3n) is 2.21. The van der Waals surface area contributed by atoms with Crippen LogP contribution in [0.15, 0.2) is 9.72 Å². The van der Waals surface area contributed by atoms with E-state index < -0.39 is 0 Å². The molecule has 19 heavy (non-hydrogen) atoms. The number of carbonyl (C=O) groups excluding carboxylic acids is 1. The van der Waals surface area contributed by atoms with Gasteiger partial charge in [-0.2, -0.15) is 0 Å². The van der Waals surface area contributed by atoms with Gasteiger partial charge in [0.15, 0.2) is 4.34 Å². The van der Waals surface area contributed by atoms with Crippen molar-refractivity contribution >= 4 is 45.5 Å². The lowest BCUT2D eigenvalue weighted by molar-refractivity contribution is -0.127. The molecule has 2 rings (SSSR count). The topological polar surface area (TPSA) is 85.0 Å². The summed E-state index contributed by atoms with van der Waals surface area (Å²) in [6, 6.07) is 0. The Morgan fingerprint density at radius 1 is 1.53 bits per heavy atom. The highest BCUT2D eigenvalue weighted by molar-refractivity contribution is 8.01. The highest BCUT2D eigenvalue weighted by Crippen LogP contribution is 2.23. The highest BCUT2D eigenvalue weighted by Gasteiger charge is 2.13. The van der Waals surface area contributed by atoms with Gasteiger partial charge >= 0.3 is 0 Å². The van der Waals surface area contributed by atoms with Gasteiger partial charge in [-0.25, -0.2) is 4.98 Å². The number of hydrogen-bond donors (Lipinski definition) is 1. The quantitative estimate of drug-likeness (QED) is 0.844. The summed E-state index contributed by atoms with van der Waals surface area (Å²) in [7, 11) is 1.77. The molecular weight excluding hydrogens is 302 g/mol. The fraction of sp³-hybridized carbons (Fsp3) is 0.400. The van der Waals surface area contributed by atoms with Crippen LogP contribution >= 0.6 is 34.4 Å². The summed E-state index contributed by atoms with van der Waals surface area (Å²) in [6.07, 6.45) is 0. The maximum Gasteiger partial charge on any atom is 0.233 e. The highest BCUT2D eigenvalue weighted by atomic mass is 32.2. The van der Waals surface area contributed by atoms with Crippen LogP contribution in [0.1, 0.15) is 10.7 Å². The number of amides is 1. The third-order valence-corrected chi connectivity index (χ3v) is 5.03. The molecule has 0 aliphatic heterocycles. The summed E-state index contributed by atoms with van der Waals surface area (Å²) in [5.74, 6) is 0.363. The Balaban J connectivity index is 1.82. The van der Waals surface area contributed by atoms with Crippen molar-refractivity contribution < 1.29 is 4.79 Å². The molecule has 9 heteroatoms. The second kappa shape index (κ2) is 6.31. The van der Waals surface area contributed by atoms with E-state index in [1.165, 1.54) is 23.1 Å². The van der Waals surface area contributed by atoms with E-state index in [4.69, 9.17) is 5.73 Å². The molecule has 0 aliphatic rings. The molecular formula is C10H13N5OS3. The molecule has 0 atom stereocenters. The number of rotatable bonds is 5. The second-order valence-electron chi connectivity index (χ2n) is 3.83. The van der Waals surface area contributed by atoms with Crippen molar-refractivity contribution in [1.82, 2.24) is 20.1 Å². The van der Waals surface area contributed by atoms with Crippen LogP contribution in [0.5, 0.6) is 0 Å². The summed E-state index contributed by atoms with van der Waals surface area (Å²) in [5.41, 5.74) is 6.46. The van der Waals surface area contributed by atoms with Crippen molar-refractivity contribution in [2.24, 2.45) is 0 Å². The largest absolute Gasteiger partial charge is 0.374 e. The van der Waals surface area contributed by atoms with E-state index in [0.717, 1.165) is 10.7 Å². The van der Waals surface area contributed by atoms with E-state index in [2.05, 4.69) is 15.2 Å². The van der Waals surface area contributed by atoms with Crippen LogP contribution in [0.4, 0.5) is 5.13 Å². The van der Waals surface area contributed by atoms with Crippen LogP contribution in [-0.2, 0) is 11.3 Å². The van der Waals surface area contributed by atoms with E-state index >= 15 is 0 Å². The molecule has 2 aromatic rings. The predicted molar refractivity (Wildman–Crippen MR) is 78.4 cm³/mol. The zero-order chi connectivity index (χ0) is 13.8.